The number of nitrogens with zero attached hydrogens (tertiary/aromatic N) is 1. The molecule has 1 heterocycles. The predicted molar refractivity (Wildman–Crippen MR) is 141 cm³/mol. The number of benzene rings is 3. The minimum atomic E-state index is -0.532. The fourth-order valence-corrected chi connectivity index (χ4v) is 4.37. The Kier molecular flexibility index (Phi) is 7.97. The maximum absolute atomic E-state index is 12.8. The number of amides is 3. The van der Waals surface area contributed by atoms with Crippen LogP contribution in [0.3, 0.4) is 0 Å². The number of nitrogens with one attached hydrogen (secondary N) is 1. The number of methoxy groups -OCH3 is 1. The summed E-state index contributed by atoms with van der Waals surface area (Å²) in [7, 11) is 1.53. The van der Waals surface area contributed by atoms with Gasteiger partial charge in [-0.05, 0) is 72.3 Å². The Morgan fingerprint density at radius 3 is 2.44 bits per heavy atom. The Balaban J connectivity index is 1.42. The lowest BCUT2D eigenvalue weighted by atomic mass is 10.1. The van der Waals surface area contributed by atoms with Crippen LogP contribution in [0, 0.1) is 6.92 Å². The molecule has 9 heteroatoms. The molecule has 3 amide bonds. The quantitative estimate of drug-likeness (QED) is 0.370. The summed E-state index contributed by atoms with van der Waals surface area (Å²) >= 11 is 6.63. The van der Waals surface area contributed by atoms with Crippen LogP contribution in [0.15, 0.2) is 71.6 Å². The predicted octanol–water partition coefficient (Wildman–Crippen LogP) is 5.91. The molecule has 3 aromatic carbocycles. The minimum Gasteiger partial charge on any atom is -0.493 e. The molecule has 184 valence electrons. The summed E-state index contributed by atoms with van der Waals surface area (Å²) in [6.07, 6.45) is 1.59. The maximum atomic E-state index is 12.8. The zero-order valence-corrected chi connectivity index (χ0v) is 21.2. The second-order valence-electron chi connectivity index (χ2n) is 8.01. The molecule has 1 aliphatic heterocycles. The Labute approximate surface area is 218 Å². The van der Waals surface area contributed by atoms with Crippen LogP contribution in [0.25, 0.3) is 6.08 Å². The van der Waals surface area contributed by atoms with Gasteiger partial charge in [0.15, 0.2) is 11.5 Å². The van der Waals surface area contributed by atoms with Gasteiger partial charge in [-0.1, -0.05) is 47.5 Å². The fraction of sp³-hybridized carbons (Fsp3) is 0.148. The molecule has 0 saturated carbocycles. The van der Waals surface area contributed by atoms with Crippen molar-refractivity contribution in [2.75, 3.05) is 19.0 Å². The zero-order valence-electron chi connectivity index (χ0n) is 19.6. The van der Waals surface area contributed by atoms with Crippen LogP contribution in [0.4, 0.5) is 10.5 Å². The number of anilines is 1. The van der Waals surface area contributed by atoms with Crippen molar-refractivity contribution in [1.29, 1.82) is 0 Å². The average molecular weight is 523 g/mol. The summed E-state index contributed by atoms with van der Waals surface area (Å²) < 4.78 is 11.4. The number of carbonyl (C=O) groups is 3. The van der Waals surface area contributed by atoms with E-state index in [-0.39, 0.29) is 11.4 Å². The van der Waals surface area contributed by atoms with Gasteiger partial charge in [-0.3, -0.25) is 19.3 Å². The first kappa shape index (κ1) is 25.3. The molecule has 1 aliphatic rings. The number of aryl methyl sites for hydroxylation is 1. The highest BCUT2D eigenvalue weighted by atomic mass is 35.5. The number of hydrogen-bond donors (Lipinski definition) is 1. The van der Waals surface area contributed by atoms with E-state index in [1.54, 1.807) is 48.5 Å². The van der Waals surface area contributed by atoms with Crippen LogP contribution in [-0.2, 0) is 16.2 Å². The highest BCUT2D eigenvalue weighted by molar-refractivity contribution is 8.18. The van der Waals surface area contributed by atoms with Crippen molar-refractivity contribution in [3.05, 3.63) is 93.3 Å². The molecule has 36 heavy (non-hydrogen) atoms. The molecule has 0 aromatic heterocycles. The highest BCUT2D eigenvalue weighted by Gasteiger charge is 2.36. The second kappa shape index (κ2) is 11.3. The normalized spacial score (nSPS) is 14.3. The third-order valence-electron chi connectivity index (χ3n) is 5.30. The Morgan fingerprint density at radius 1 is 1.03 bits per heavy atom. The molecule has 1 fully saturated rings. The van der Waals surface area contributed by atoms with Crippen LogP contribution in [0.2, 0.25) is 5.02 Å². The van der Waals surface area contributed by atoms with Crippen molar-refractivity contribution >= 4 is 52.2 Å². The highest BCUT2D eigenvalue weighted by Crippen LogP contribution is 2.34. The van der Waals surface area contributed by atoms with E-state index in [0.717, 1.165) is 22.2 Å². The van der Waals surface area contributed by atoms with Crippen LogP contribution in [0.1, 0.15) is 16.7 Å². The van der Waals surface area contributed by atoms with Gasteiger partial charge in [0, 0.05) is 10.7 Å². The van der Waals surface area contributed by atoms with Gasteiger partial charge in [0.1, 0.15) is 13.2 Å². The molecule has 1 saturated heterocycles. The van der Waals surface area contributed by atoms with Gasteiger partial charge >= 0.3 is 0 Å². The number of hydrogen-bond acceptors (Lipinski definition) is 6. The molecule has 7 nitrogen and oxygen atoms in total. The van der Waals surface area contributed by atoms with E-state index < -0.39 is 17.1 Å². The van der Waals surface area contributed by atoms with Gasteiger partial charge in [-0.15, -0.1) is 0 Å². The number of imide groups is 1. The first-order valence-corrected chi connectivity index (χ1v) is 12.2. The number of carbonyl (C=O) groups excluding carboxylic acids is 3. The minimum absolute atomic E-state index is 0.217. The van der Waals surface area contributed by atoms with Crippen LogP contribution in [0.5, 0.6) is 11.5 Å². The van der Waals surface area contributed by atoms with Gasteiger partial charge in [0.05, 0.1) is 12.0 Å². The summed E-state index contributed by atoms with van der Waals surface area (Å²) in [4.78, 5) is 38.7. The summed E-state index contributed by atoms with van der Waals surface area (Å²) in [5, 5.41) is 2.67. The van der Waals surface area contributed by atoms with E-state index in [2.05, 4.69) is 5.32 Å². The molecule has 0 aliphatic carbocycles. The van der Waals surface area contributed by atoms with E-state index in [0.29, 0.717) is 34.4 Å². The lowest BCUT2D eigenvalue weighted by molar-refractivity contribution is -0.127. The maximum Gasteiger partial charge on any atom is 0.294 e. The van der Waals surface area contributed by atoms with Crippen molar-refractivity contribution in [1.82, 2.24) is 4.90 Å². The smallest absolute Gasteiger partial charge is 0.294 e. The monoisotopic (exact) mass is 522 g/mol. The van der Waals surface area contributed by atoms with Crippen molar-refractivity contribution in [2.24, 2.45) is 0 Å². The van der Waals surface area contributed by atoms with E-state index in [1.807, 2.05) is 31.2 Å². The van der Waals surface area contributed by atoms with E-state index in [1.165, 1.54) is 12.7 Å². The van der Waals surface area contributed by atoms with E-state index in [9.17, 15) is 14.4 Å². The lowest BCUT2D eigenvalue weighted by Crippen LogP contribution is -2.36. The summed E-state index contributed by atoms with van der Waals surface area (Å²) in [5.41, 5.74) is 3.38. The molecular weight excluding hydrogens is 500 g/mol. The Bertz CT molecular complexity index is 1320. The van der Waals surface area contributed by atoms with Crippen LogP contribution < -0.4 is 14.8 Å². The van der Waals surface area contributed by atoms with Crippen LogP contribution >= 0.6 is 23.4 Å². The molecule has 1 N–H and O–H groups in total. The Morgan fingerprint density at radius 2 is 1.75 bits per heavy atom. The molecular formula is C27H23ClN2O5S. The summed E-state index contributed by atoms with van der Waals surface area (Å²) in [6.45, 7) is 2.02. The Hall–Kier alpha value is -3.75. The zero-order chi connectivity index (χ0) is 25.7. The number of ether oxygens (including phenoxy) is 2. The number of thioether (sulfide) groups is 1. The summed E-state index contributed by atoms with van der Waals surface area (Å²) in [6, 6.07) is 19.8. The average Bonchev–Trinajstić information content (AvgIpc) is 3.12. The van der Waals surface area contributed by atoms with Gasteiger partial charge in [0.25, 0.3) is 11.1 Å². The first-order valence-electron chi connectivity index (χ1n) is 11.0. The molecule has 0 radical (unpaired) electrons. The third-order valence-corrected chi connectivity index (χ3v) is 6.46. The molecule has 0 bridgehead atoms. The number of rotatable bonds is 8. The van der Waals surface area contributed by atoms with E-state index >= 15 is 0 Å². The molecule has 0 atom stereocenters. The summed E-state index contributed by atoms with van der Waals surface area (Å²) in [5.74, 6) is 0.0344. The lowest BCUT2D eigenvalue weighted by Gasteiger charge is -2.13. The first-order chi connectivity index (χ1) is 17.3. The van der Waals surface area contributed by atoms with Gasteiger partial charge < -0.3 is 14.8 Å². The van der Waals surface area contributed by atoms with Gasteiger partial charge in [0.2, 0.25) is 5.91 Å². The molecule has 3 aromatic rings. The topological polar surface area (TPSA) is 84.9 Å². The van der Waals surface area contributed by atoms with Crippen molar-refractivity contribution < 1.29 is 23.9 Å². The van der Waals surface area contributed by atoms with Crippen LogP contribution in [-0.4, -0.2) is 35.6 Å². The second-order valence-corrected chi connectivity index (χ2v) is 9.44. The molecule has 0 spiro atoms. The number of halogens is 1. The molecule has 4 rings (SSSR count). The van der Waals surface area contributed by atoms with E-state index in [4.69, 9.17) is 21.1 Å². The van der Waals surface area contributed by atoms with Crippen molar-refractivity contribution in [3.63, 3.8) is 0 Å². The fourth-order valence-electron chi connectivity index (χ4n) is 3.40. The largest absolute Gasteiger partial charge is 0.493 e. The SMILES string of the molecule is COc1cc(/C=C2/SC(=O)N(CC(=O)Nc3ccc(Cl)cc3)C2=O)ccc1OCc1ccc(C)cc1. The van der Waals surface area contributed by atoms with Gasteiger partial charge in [-0.2, -0.15) is 0 Å². The van der Waals surface area contributed by atoms with Crippen molar-refractivity contribution in [3.8, 4) is 11.5 Å². The van der Waals surface area contributed by atoms with Gasteiger partial charge in [-0.25, -0.2) is 0 Å². The standard InChI is InChI=1S/C27H23ClN2O5S/c1-17-3-5-18(6-4-17)16-35-22-12-7-19(13-23(22)34-2)14-24-26(32)30(27(33)36-24)15-25(31)29-21-10-8-20(28)9-11-21/h3-14H,15-16H2,1-2H3,(H,29,31)/b24-14+. The van der Waals surface area contributed by atoms with Crippen molar-refractivity contribution in [2.45, 2.75) is 13.5 Å². The molecule has 0 unspecified atom stereocenters. The third kappa shape index (κ3) is 6.27.